The van der Waals surface area contributed by atoms with E-state index in [9.17, 15) is 26.3 Å². The first-order chi connectivity index (χ1) is 8.05. The molecule has 18 heavy (non-hydrogen) atoms. The molecule has 1 rings (SSSR count). The topological polar surface area (TPSA) is 12.0 Å². The van der Waals surface area contributed by atoms with Gasteiger partial charge < -0.3 is 5.32 Å². The first-order valence-electron chi connectivity index (χ1n) is 5.29. The summed E-state index contributed by atoms with van der Waals surface area (Å²) >= 11 is 0. The van der Waals surface area contributed by atoms with Crippen LogP contribution < -0.4 is 5.32 Å². The number of nitrogens with one attached hydrogen (secondary N) is 1. The van der Waals surface area contributed by atoms with E-state index in [0.717, 1.165) is 6.08 Å². The van der Waals surface area contributed by atoms with Crippen LogP contribution >= 0.6 is 0 Å². The molecule has 0 radical (unpaired) electrons. The summed E-state index contributed by atoms with van der Waals surface area (Å²) in [6, 6.07) is -0.527. The van der Waals surface area contributed by atoms with Crippen LogP contribution in [0.5, 0.6) is 0 Å². The van der Waals surface area contributed by atoms with Crippen LogP contribution in [-0.4, -0.2) is 25.4 Å². The zero-order chi connectivity index (χ0) is 14.1. The Kier molecular flexibility index (Phi) is 4.15. The second-order valence-electron chi connectivity index (χ2n) is 4.20. The number of alkyl halides is 6. The summed E-state index contributed by atoms with van der Waals surface area (Å²) in [6.07, 6.45) is -8.81. The monoisotopic (exact) mass is 273 g/mol. The summed E-state index contributed by atoms with van der Waals surface area (Å²) < 4.78 is 75.4. The van der Waals surface area contributed by atoms with Crippen molar-refractivity contribution in [2.45, 2.75) is 31.7 Å². The van der Waals surface area contributed by atoms with Crippen molar-refractivity contribution in [1.82, 2.24) is 5.32 Å². The predicted octanol–water partition coefficient (Wildman–Crippen LogP) is 3.59. The summed E-state index contributed by atoms with van der Waals surface area (Å²) in [5.41, 5.74) is -1.12. The van der Waals surface area contributed by atoms with Gasteiger partial charge in [-0.05, 0) is 26.5 Å². The number of rotatable bonds is 2. The number of likely N-dealkylation sites (N-methyl/N-ethyl adjacent to an activating group) is 1. The van der Waals surface area contributed by atoms with Gasteiger partial charge in [0.25, 0.3) is 0 Å². The Morgan fingerprint density at radius 3 is 2.17 bits per heavy atom. The van der Waals surface area contributed by atoms with E-state index in [1.807, 2.05) is 0 Å². The predicted molar refractivity (Wildman–Crippen MR) is 54.9 cm³/mol. The molecule has 1 nitrogen and oxygen atoms in total. The highest BCUT2D eigenvalue weighted by Gasteiger charge is 2.44. The number of hydrogen-bond donors (Lipinski definition) is 1. The number of hydrogen-bond acceptors (Lipinski definition) is 1. The van der Waals surface area contributed by atoms with E-state index in [1.54, 1.807) is 0 Å². The molecule has 0 aromatic heterocycles. The molecule has 0 fully saturated rings. The second kappa shape index (κ2) is 4.95. The molecule has 0 aliphatic heterocycles. The summed E-state index contributed by atoms with van der Waals surface area (Å²) in [7, 11) is 1.49. The maximum absolute atomic E-state index is 12.6. The first kappa shape index (κ1) is 15.1. The maximum atomic E-state index is 12.6. The molecule has 2 atom stereocenters. The van der Waals surface area contributed by atoms with Gasteiger partial charge in [-0.2, -0.15) is 26.3 Å². The van der Waals surface area contributed by atoms with Gasteiger partial charge >= 0.3 is 12.4 Å². The molecule has 0 amide bonds. The first-order valence-corrected chi connectivity index (χ1v) is 5.29. The molecule has 0 bridgehead atoms. The van der Waals surface area contributed by atoms with Crippen molar-refractivity contribution < 1.29 is 26.3 Å². The Balaban J connectivity index is 3.12. The van der Waals surface area contributed by atoms with Crippen LogP contribution in [0.2, 0.25) is 0 Å². The average Bonchev–Trinajstić information content (AvgIpc) is 2.25. The SMILES string of the molecule is CN[C@H](C)C1=CC(C(F)(F)F)=CC(C(F)(F)F)C1. The quantitative estimate of drug-likeness (QED) is 0.758. The fourth-order valence-corrected chi connectivity index (χ4v) is 1.71. The number of halogens is 6. The maximum Gasteiger partial charge on any atom is 0.416 e. The van der Waals surface area contributed by atoms with E-state index in [1.165, 1.54) is 14.0 Å². The van der Waals surface area contributed by atoms with Gasteiger partial charge in [0.15, 0.2) is 0 Å². The minimum atomic E-state index is -4.76. The van der Waals surface area contributed by atoms with Gasteiger partial charge in [0.05, 0.1) is 11.5 Å². The lowest BCUT2D eigenvalue weighted by atomic mass is 9.86. The molecular formula is C11H13F6N. The molecule has 0 spiro atoms. The van der Waals surface area contributed by atoms with E-state index in [0.29, 0.717) is 0 Å². The van der Waals surface area contributed by atoms with Crippen molar-refractivity contribution in [2.75, 3.05) is 7.05 Å². The van der Waals surface area contributed by atoms with Gasteiger partial charge in [-0.15, -0.1) is 0 Å². The van der Waals surface area contributed by atoms with Crippen LogP contribution in [0, 0.1) is 5.92 Å². The van der Waals surface area contributed by atoms with Gasteiger partial charge in [0.1, 0.15) is 0 Å². The standard InChI is InChI=1S/C11H13F6N/c1-6(18-2)7-3-8(10(12,13)14)5-9(4-7)11(15,16)17/h3,5-6,9,18H,4H2,1-2H3/t6-,9?/m1/s1. The van der Waals surface area contributed by atoms with E-state index in [2.05, 4.69) is 5.32 Å². The molecule has 0 saturated carbocycles. The Morgan fingerprint density at radius 1 is 1.22 bits per heavy atom. The minimum Gasteiger partial charge on any atom is -0.314 e. The lowest BCUT2D eigenvalue weighted by molar-refractivity contribution is -0.162. The zero-order valence-corrected chi connectivity index (χ0v) is 9.78. The highest BCUT2D eigenvalue weighted by molar-refractivity contribution is 5.35. The molecule has 1 N–H and O–H groups in total. The summed E-state index contributed by atoms with van der Waals surface area (Å²) in [5, 5.41) is 2.65. The largest absolute Gasteiger partial charge is 0.416 e. The van der Waals surface area contributed by atoms with Crippen LogP contribution in [0.15, 0.2) is 23.3 Å². The molecule has 7 heteroatoms. The van der Waals surface area contributed by atoms with Crippen LogP contribution in [0.1, 0.15) is 13.3 Å². The Labute approximate surface area is 101 Å². The summed E-state index contributed by atoms with van der Waals surface area (Å²) in [4.78, 5) is 0. The van der Waals surface area contributed by atoms with E-state index < -0.39 is 36.3 Å². The normalized spacial score (nSPS) is 23.4. The smallest absolute Gasteiger partial charge is 0.314 e. The van der Waals surface area contributed by atoms with Crippen LogP contribution in [0.4, 0.5) is 26.3 Å². The van der Waals surface area contributed by atoms with Crippen LogP contribution in [0.3, 0.4) is 0 Å². The van der Waals surface area contributed by atoms with Crippen molar-refractivity contribution >= 4 is 0 Å². The fraction of sp³-hybridized carbons (Fsp3) is 0.636. The van der Waals surface area contributed by atoms with Gasteiger partial charge in [-0.25, -0.2) is 0 Å². The summed E-state index contributed by atoms with van der Waals surface area (Å²) in [6.45, 7) is 1.53. The average molecular weight is 273 g/mol. The third-order valence-electron chi connectivity index (χ3n) is 2.91. The third-order valence-corrected chi connectivity index (χ3v) is 2.91. The van der Waals surface area contributed by atoms with Crippen molar-refractivity contribution in [3.8, 4) is 0 Å². The molecule has 1 unspecified atom stereocenters. The third kappa shape index (κ3) is 3.51. The Hall–Kier alpha value is -0.980. The van der Waals surface area contributed by atoms with E-state index in [4.69, 9.17) is 0 Å². The Bertz CT molecular complexity index is 363. The van der Waals surface area contributed by atoms with Crippen molar-refractivity contribution in [1.29, 1.82) is 0 Å². The molecule has 104 valence electrons. The molecule has 0 saturated heterocycles. The molecule has 0 heterocycles. The molecule has 0 aromatic rings. The minimum absolute atomic E-state index is 0.106. The highest BCUT2D eigenvalue weighted by Crippen LogP contribution is 2.41. The number of allylic oxidation sites excluding steroid dienone is 3. The molecular weight excluding hydrogens is 260 g/mol. The molecule has 0 aromatic carbocycles. The van der Waals surface area contributed by atoms with E-state index >= 15 is 0 Å². The second-order valence-corrected chi connectivity index (χ2v) is 4.20. The van der Waals surface area contributed by atoms with Gasteiger partial charge in [-0.3, -0.25) is 0 Å². The van der Waals surface area contributed by atoms with Gasteiger partial charge in [0, 0.05) is 6.04 Å². The highest BCUT2D eigenvalue weighted by atomic mass is 19.4. The van der Waals surface area contributed by atoms with E-state index in [-0.39, 0.29) is 11.6 Å². The van der Waals surface area contributed by atoms with Gasteiger partial charge in [0.2, 0.25) is 0 Å². The summed E-state index contributed by atoms with van der Waals surface area (Å²) in [5.74, 6) is -2.08. The molecule has 1 aliphatic carbocycles. The fourth-order valence-electron chi connectivity index (χ4n) is 1.71. The van der Waals surface area contributed by atoms with Crippen molar-refractivity contribution in [3.63, 3.8) is 0 Å². The Morgan fingerprint density at radius 2 is 1.78 bits per heavy atom. The zero-order valence-electron chi connectivity index (χ0n) is 9.78. The van der Waals surface area contributed by atoms with Crippen LogP contribution in [-0.2, 0) is 0 Å². The van der Waals surface area contributed by atoms with Gasteiger partial charge in [-0.1, -0.05) is 11.6 Å². The van der Waals surface area contributed by atoms with Crippen molar-refractivity contribution in [3.05, 3.63) is 23.3 Å². The lowest BCUT2D eigenvalue weighted by Crippen LogP contribution is -2.32. The molecule has 1 aliphatic rings. The van der Waals surface area contributed by atoms with Crippen LogP contribution in [0.25, 0.3) is 0 Å². The van der Waals surface area contributed by atoms with Crippen molar-refractivity contribution in [2.24, 2.45) is 5.92 Å². The lowest BCUT2D eigenvalue weighted by Gasteiger charge is -2.27.